The van der Waals surface area contributed by atoms with Crippen molar-refractivity contribution in [2.75, 3.05) is 0 Å². The molecule has 3 aromatic rings. The third kappa shape index (κ3) is 3.58. The summed E-state index contributed by atoms with van der Waals surface area (Å²) in [5.41, 5.74) is 2.10. The second-order valence-electron chi connectivity index (χ2n) is 5.58. The fourth-order valence-electron chi connectivity index (χ4n) is 2.52. The zero-order chi connectivity index (χ0) is 18.0. The number of pyridine rings is 1. The summed E-state index contributed by atoms with van der Waals surface area (Å²) in [6.45, 7) is 1.84. The smallest absolute Gasteiger partial charge is 0.198 e. The number of carbonyl (C=O) groups is 2. The van der Waals surface area contributed by atoms with Gasteiger partial charge in [0.25, 0.3) is 0 Å². The van der Waals surface area contributed by atoms with Crippen LogP contribution in [0.15, 0.2) is 53.3 Å². The Morgan fingerprint density at radius 1 is 1.24 bits per heavy atom. The quantitative estimate of drug-likeness (QED) is 0.650. The fraction of sp³-hybridized carbons (Fsp3) is 0.105. The van der Waals surface area contributed by atoms with Crippen LogP contribution in [0.5, 0.6) is 0 Å². The number of aryl methyl sites for hydroxylation is 1. The molecule has 2 aromatic heterocycles. The number of hydrogen-bond acceptors (Lipinski definition) is 3. The van der Waals surface area contributed by atoms with Crippen LogP contribution in [0.4, 0.5) is 4.39 Å². The Hall–Kier alpha value is -2.60. The van der Waals surface area contributed by atoms with Crippen molar-refractivity contribution in [2.24, 2.45) is 0 Å². The van der Waals surface area contributed by atoms with E-state index in [-0.39, 0.29) is 23.3 Å². The average molecular weight is 401 g/mol. The number of rotatable bonds is 5. The van der Waals surface area contributed by atoms with Crippen LogP contribution in [-0.4, -0.2) is 21.5 Å². The van der Waals surface area contributed by atoms with Crippen LogP contribution < -0.4 is 0 Å². The van der Waals surface area contributed by atoms with Gasteiger partial charge < -0.3 is 4.98 Å². The van der Waals surface area contributed by atoms with Gasteiger partial charge in [0.1, 0.15) is 5.82 Å². The van der Waals surface area contributed by atoms with Crippen LogP contribution in [0, 0.1) is 12.7 Å². The molecule has 0 saturated heterocycles. The van der Waals surface area contributed by atoms with Gasteiger partial charge in [-0.05, 0) is 52.7 Å². The number of hydrogen-bond donors (Lipinski definition) is 1. The highest BCUT2D eigenvalue weighted by Crippen LogP contribution is 2.23. The van der Waals surface area contributed by atoms with Crippen molar-refractivity contribution < 1.29 is 14.0 Å². The van der Waals surface area contributed by atoms with Gasteiger partial charge >= 0.3 is 0 Å². The largest absolute Gasteiger partial charge is 0.358 e. The molecule has 0 radical (unpaired) electrons. The fourth-order valence-corrected chi connectivity index (χ4v) is 3.04. The number of benzene rings is 1. The van der Waals surface area contributed by atoms with E-state index in [9.17, 15) is 14.0 Å². The monoisotopic (exact) mass is 400 g/mol. The van der Waals surface area contributed by atoms with Gasteiger partial charge in [0, 0.05) is 34.5 Å². The summed E-state index contributed by atoms with van der Waals surface area (Å²) in [5.74, 6) is -1.26. The van der Waals surface area contributed by atoms with E-state index in [1.165, 1.54) is 24.4 Å². The molecule has 0 bridgehead atoms. The van der Waals surface area contributed by atoms with Crippen molar-refractivity contribution >= 4 is 27.5 Å². The molecule has 25 heavy (non-hydrogen) atoms. The summed E-state index contributed by atoms with van der Waals surface area (Å²) in [6, 6.07) is 9.40. The summed E-state index contributed by atoms with van der Waals surface area (Å²) in [5, 5.41) is 0. The van der Waals surface area contributed by atoms with Crippen LogP contribution in [0.2, 0.25) is 0 Å². The lowest BCUT2D eigenvalue weighted by Gasteiger charge is -2.03. The van der Waals surface area contributed by atoms with Crippen molar-refractivity contribution in [1.82, 2.24) is 9.97 Å². The first-order valence-corrected chi connectivity index (χ1v) is 8.37. The van der Waals surface area contributed by atoms with Crippen LogP contribution in [0.1, 0.15) is 37.7 Å². The van der Waals surface area contributed by atoms with E-state index >= 15 is 0 Å². The minimum atomic E-state index is -0.612. The number of carbonyl (C=O) groups excluding carboxylic acids is 2. The molecule has 0 amide bonds. The van der Waals surface area contributed by atoms with Gasteiger partial charge in [-0.25, -0.2) is 4.39 Å². The minimum absolute atomic E-state index is 0.0522. The van der Waals surface area contributed by atoms with Gasteiger partial charge in [0.15, 0.2) is 11.6 Å². The highest BCUT2D eigenvalue weighted by molar-refractivity contribution is 9.10. The molecular formula is C19H14BrFN2O2. The minimum Gasteiger partial charge on any atom is -0.358 e. The predicted molar refractivity (Wildman–Crippen MR) is 95.3 cm³/mol. The molecule has 0 aliphatic heterocycles. The van der Waals surface area contributed by atoms with E-state index < -0.39 is 11.6 Å². The van der Waals surface area contributed by atoms with Gasteiger partial charge in [-0.1, -0.05) is 12.1 Å². The summed E-state index contributed by atoms with van der Waals surface area (Å²) in [6.07, 6.45) is 3.27. The van der Waals surface area contributed by atoms with Crippen molar-refractivity contribution in [1.29, 1.82) is 0 Å². The number of nitrogens with one attached hydrogen (secondary N) is 1. The Morgan fingerprint density at radius 2 is 2.04 bits per heavy atom. The Morgan fingerprint density at radius 3 is 2.76 bits per heavy atom. The van der Waals surface area contributed by atoms with Gasteiger partial charge in [-0.3, -0.25) is 14.6 Å². The Kier molecular flexibility index (Phi) is 4.90. The zero-order valence-electron chi connectivity index (χ0n) is 13.3. The van der Waals surface area contributed by atoms with E-state index in [4.69, 9.17) is 0 Å². The Balaban J connectivity index is 1.84. The standard InChI is InChI=1S/C19H14BrFN2O2/c1-11-12(4-3-7-22-11)9-17(24)16-8-13(10-23-16)19(25)18-14(20)5-2-6-15(18)21/h2-8,10,23H,9H2,1H3. The van der Waals surface area contributed by atoms with Gasteiger partial charge in [-0.2, -0.15) is 0 Å². The van der Waals surface area contributed by atoms with Crippen LogP contribution in [0.3, 0.4) is 0 Å². The van der Waals surface area contributed by atoms with Crippen molar-refractivity contribution in [3.8, 4) is 0 Å². The van der Waals surface area contributed by atoms with Crippen molar-refractivity contribution in [2.45, 2.75) is 13.3 Å². The highest BCUT2D eigenvalue weighted by atomic mass is 79.9. The number of ketones is 2. The lowest BCUT2D eigenvalue weighted by atomic mass is 10.0. The van der Waals surface area contributed by atoms with Crippen LogP contribution >= 0.6 is 15.9 Å². The molecule has 0 fully saturated rings. The van der Waals surface area contributed by atoms with Gasteiger partial charge in [-0.15, -0.1) is 0 Å². The first-order valence-electron chi connectivity index (χ1n) is 7.58. The van der Waals surface area contributed by atoms with Gasteiger partial charge in [0.2, 0.25) is 0 Å². The second kappa shape index (κ2) is 7.11. The lowest BCUT2D eigenvalue weighted by Crippen LogP contribution is -2.06. The lowest BCUT2D eigenvalue weighted by molar-refractivity contribution is 0.0988. The second-order valence-corrected chi connectivity index (χ2v) is 6.43. The molecule has 0 aliphatic carbocycles. The Labute approximate surface area is 152 Å². The van der Waals surface area contributed by atoms with Gasteiger partial charge in [0.05, 0.1) is 11.3 Å². The number of Topliss-reactive ketones (excluding diaryl/α,β-unsaturated/α-hetero) is 1. The number of H-pyrrole nitrogens is 1. The van der Waals surface area contributed by atoms with Crippen LogP contribution in [0.25, 0.3) is 0 Å². The summed E-state index contributed by atoms with van der Waals surface area (Å²) >= 11 is 3.19. The molecule has 0 spiro atoms. The summed E-state index contributed by atoms with van der Waals surface area (Å²) in [7, 11) is 0. The molecule has 6 heteroatoms. The molecule has 0 saturated carbocycles. The molecule has 126 valence electrons. The highest BCUT2D eigenvalue weighted by Gasteiger charge is 2.20. The SMILES string of the molecule is Cc1ncccc1CC(=O)c1cc(C(=O)c2c(F)cccc2Br)c[nH]1. The predicted octanol–water partition coefficient (Wildman–Crippen LogP) is 4.28. The Bertz CT molecular complexity index is 945. The van der Waals surface area contributed by atoms with E-state index in [1.807, 2.05) is 13.0 Å². The third-order valence-electron chi connectivity index (χ3n) is 3.90. The summed E-state index contributed by atoms with van der Waals surface area (Å²) in [4.78, 5) is 31.9. The maximum absolute atomic E-state index is 13.9. The molecule has 0 atom stereocenters. The number of aromatic amines is 1. The molecular weight excluding hydrogens is 387 g/mol. The molecule has 0 aliphatic rings. The zero-order valence-corrected chi connectivity index (χ0v) is 14.9. The first-order chi connectivity index (χ1) is 12.0. The van der Waals surface area contributed by atoms with Crippen LogP contribution in [-0.2, 0) is 6.42 Å². The molecule has 4 nitrogen and oxygen atoms in total. The van der Waals surface area contributed by atoms with E-state index in [1.54, 1.807) is 18.3 Å². The molecule has 3 rings (SSSR count). The topological polar surface area (TPSA) is 62.8 Å². The molecule has 1 N–H and O–H groups in total. The van der Waals surface area contributed by atoms with Crippen molar-refractivity contribution in [3.63, 3.8) is 0 Å². The number of aromatic nitrogens is 2. The maximum Gasteiger partial charge on any atom is 0.198 e. The average Bonchev–Trinajstić information content (AvgIpc) is 3.07. The third-order valence-corrected chi connectivity index (χ3v) is 4.56. The number of halogens is 2. The molecule has 1 aromatic carbocycles. The van der Waals surface area contributed by atoms with E-state index in [0.29, 0.717) is 10.2 Å². The maximum atomic E-state index is 13.9. The first kappa shape index (κ1) is 17.2. The van der Waals surface area contributed by atoms with E-state index in [0.717, 1.165) is 11.3 Å². The molecule has 0 unspecified atom stereocenters. The summed E-state index contributed by atoms with van der Waals surface area (Å²) < 4.78 is 14.3. The van der Waals surface area contributed by atoms with E-state index in [2.05, 4.69) is 25.9 Å². The number of nitrogens with zero attached hydrogens (tertiary/aromatic N) is 1. The molecule has 2 heterocycles. The normalized spacial score (nSPS) is 10.7. The van der Waals surface area contributed by atoms with Crippen molar-refractivity contribution in [3.05, 3.63) is 87.2 Å².